The summed E-state index contributed by atoms with van der Waals surface area (Å²) in [5, 5.41) is 2.79. The van der Waals surface area contributed by atoms with Crippen molar-refractivity contribution in [3.8, 4) is 11.8 Å². The molecule has 1 aromatic carbocycles. The molecule has 0 radical (unpaired) electrons. The van der Waals surface area contributed by atoms with Gasteiger partial charge in [0, 0.05) is 47.5 Å². The number of thioether (sulfide) groups is 1. The molecule has 0 saturated heterocycles. The number of ketones is 1. The van der Waals surface area contributed by atoms with E-state index < -0.39 is 0 Å². The fraction of sp³-hybridized carbons (Fsp3) is 0.286. The highest BCUT2D eigenvalue weighted by molar-refractivity contribution is 7.98. The Morgan fingerprint density at radius 1 is 1.19 bits per heavy atom. The molecule has 1 N–H and O–H groups in total. The summed E-state index contributed by atoms with van der Waals surface area (Å²) in [5.41, 5.74) is 1.91. The van der Waals surface area contributed by atoms with Crippen molar-refractivity contribution >= 4 is 29.1 Å². The first-order chi connectivity index (χ1) is 12.7. The number of nitrogens with zero attached hydrogens (tertiary/aromatic N) is 1. The molecule has 0 atom stereocenters. The van der Waals surface area contributed by atoms with E-state index in [0.29, 0.717) is 18.6 Å². The number of benzene rings is 1. The standard InChI is InChI=1S/C21H20N2O2S/c24-19-8-3-16(4-9-19)5-12-21(25)23-18-6-10-20(11-7-18)26-15-17-2-1-13-22-14-17/h1-2,6-7,10-11,13-14,16H,3-4,8-9,15H2,(H,23,25). The lowest BCUT2D eigenvalue weighted by Crippen LogP contribution is -2.13. The number of hydrogen-bond donors (Lipinski definition) is 1. The normalized spacial score (nSPS) is 14.4. The van der Waals surface area contributed by atoms with E-state index in [2.05, 4.69) is 28.2 Å². The SMILES string of the molecule is O=C1CCC(C#CC(=O)Nc2ccc(SCc3cccnc3)cc2)CC1. The Balaban J connectivity index is 1.48. The van der Waals surface area contributed by atoms with E-state index in [-0.39, 0.29) is 11.8 Å². The maximum absolute atomic E-state index is 12.0. The first kappa shape index (κ1) is 18.2. The molecule has 26 heavy (non-hydrogen) atoms. The third-order valence-corrected chi connectivity index (χ3v) is 5.26. The Labute approximate surface area is 157 Å². The van der Waals surface area contributed by atoms with Gasteiger partial charge in [-0.3, -0.25) is 14.6 Å². The third kappa shape index (κ3) is 5.75. The lowest BCUT2D eigenvalue weighted by molar-refractivity contribution is -0.120. The molecular formula is C21H20N2O2S. The molecule has 1 saturated carbocycles. The summed E-state index contributed by atoms with van der Waals surface area (Å²) in [6.07, 6.45) is 6.33. The zero-order valence-electron chi connectivity index (χ0n) is 14.4. The summed E-state index contributed by atoms with van der Waals surface area (Å²) < 4.78 is 0. The maximum atomic E-state index is 12.0. The second kappa shape index (κ2) is 9.21. The highest BCUT2D eigenvalue weighted by Crippen LogP contribution is 2.24. The van der Waals surface area contributed by atoms with E-state index in [9.17, 15) is 9.59 Å². The van der Waals surface area contributed by atoms with Crippen molar-refractivity contribution in [3.63, 3.8) is 0 Å². The van der Waals surface area contributed by atoms with Gasteiger partial charge in [-0.2, -0.15) is 0 Å². The van der Waals surface area contributed by atoms with Gasteiger partial charge in [-0.05, 0) is 54.7 Å². The average Bonchev–Trinajstić information content (AvgIpc) is 2.68. The number of amides is 1. The van der Waals surface area contributed by atoms with Crippen molar-refractivity contribution in [2.45, 2.75) is 36.3 Å². The Bertz CT molecular complexity index is 813. The summed E-state index contributed by atoms with van der Waals surface area (Å²) in [4.78, 5) is 28.4. The molecule has 3 rings (SSSR count). The minimum absolute atomic E-state index is 0.157. The highest BCUT2D eigenvalue weighted by Gasteiger charge is 2.16. The molecule has 132 valence electrons. The molecule has 0 aliphatic heterocycles. The number of carbonyl (C=O) groups excluding carboxylic acids is 2. The molecule has 1 fully saturated rings. The monoisotopic (exact) mass is 364 g/mol. The van der Waals surface area contributed by atoms with Crippen molar-refractivity contribution in [1.82, 2.24) is 4.98 Å². The second-order valence-corrected chi connectivity index (χ2v) is 7.26. The van der Waals surface area contributed by atoms with Crippen LogP contribution in [0.1, 0.15) is 31.2 Å². The summed E-state index contributed by atoms with van der Waals surface area (Å²) in [6, 6.07) is 11.7. The van der Waals surface area contributed by atoms with Gasteiger partial charge in [0.25, 0.3) is 5.91 Å². The third-order valence-electron chi connectivity index (χ3n) is 4.17. The average molecular weight is 364 g/mol. The second-order valence-electron chi connectivity index (χ2n) is 6.21. The van der Waals surface area contributed by atoms with Gasteiger partial charge in [-0.25, -0.2) is 0 Å². The molecule has 1 aliphatic rings. The molecule has 1 aromatic heterocycles. The largest absolute Gasteiger partial charge is 0.315 e. The molecule has 1 heterocycles. The molecular weight excluding hydrogens is 344 g/mol. The molecule has 0 bridgehead atoms. The van der Waals surface area contributed by atoms with E-state index >= 15 is 0 Å². The number of carbonyl (C=O) groups is 2. The van der Waals surface area contributed by atoms with Gasteiger partial charge < -0.3 is 5.32 Å². The Hall–Kier alpha value is -2.58. The van der Waals surface area contributed by atoms with Crippen LogP contribution in [0.2, 0.25) is 0 Å². The maximum Gasteiger partial charge on any atom is 0.300 e. The van der Waals surface area contributed by atoms with Crippen LogP contribution in [0, 0.1) is 17.8 Å². The topological polar surface area (TPSA) is 59.1 Å². The summed E-state index contributed by atoms with van der Waals surface area (Å²) in [5.74, 6) is 6.65. The van der Waals surface area contributed by atoms with Gasteiger partial charge in [-0.15, -0.1) is 11.8 Å². The molecule has 0 unspecified atom stereocenters. The van der Waals surface area contributed by atoms with Crippen LogP contribution in [-0.2, 0) is 15.3 Å². The first-order valence-corrected chi connectivity index (χ1v) is 9.63. The minimum Gasteiger partial charge on any atom is -0.315 e. The van der Waals surface area contributed by atoms with Crippen LogP contribution in [0.5, 0.6) is 0 Å². The van der Waals surface area contributed by atoms with E-state index in [1.165, 1.54) is 5.56 Å². The first-order valence-electron chi connectivity index (χ1n) is 8.65. The molecule has 1 amide bonds. The Morgan fingerprint density at radius 3 is 2.65 bits per heavy atom. The zero-order chi connectivity index (χ0) is 18.2. The van der Waals surface area contributed by atoms with E-state index in [4.69, 9.17) is 0 Å². The molecule has 0 spiro atoms. The van der Waals surface area contributed by atoms with Crippen molar-refractivity contribution in [1.29, 1.82) is 0 Å². The quantitative estimate of drug-likeness (QED) is 0.656. The number of hydrogen-bond acceptors (Lipinski definition) is 4. The van der Waals surface area contributed by atoms with Gasteiger partial charge in [0.1, 0.15) is 5.78 Å². The molecule has 1 aliphatic carbocycles. The van der Waals surface area contributed by atoms with Crippen molar-refractivity contribution in [3.05, 3.63) is 54.4 Å². The molecule has 2 aromatic rings. The van der Waals surface area contributed by atoms with Gasteiger partial charge in [0.05, 0.1) is 0 Å². The lowest BCUT2D eigenvalue weighted by Gasteiger charge is -2.14. The van der Waals surface area contributed by atoms with Crippen LogP contribution in [0.3, 0.4) is 0 Å². The number of nitrogens with one attached hydrogen (secondary N) is 1. The van der Waals surface area contributed by atoms with Crippen molar-refractivity contribution in [2.24, 2.45) is 5.92 Å². The minimum atomic E-state index is -0.308. The number of aromatic nitrogens is 1. The Morgan fingerprint density at radius 2 is 1.96 bits per heavy atom. The molecule has 4 nitrogen and oxygen atoms in total. The van der Waals surface area contributed by atoms with Crippen LogP contribution < -0.4 is 5.32 Å². The van der Waals surface area contributed by atoms with Gasteiger partial charge >= 0.3 is 0 Å². The Kier molecular flexibility index (Phi) is 6.45. The highest BCUT2D eigenvalue weighted by atomic mass is 32.2. The van der Waals surface area contributed by atoms with Crippen molar-refractivity contribution < 1.29 is 9.59 Å². The van der Waals surface area contributed by atoms with Crippen LogP contribution in [-0.4, -0.2) is 16.7 Å². The summed E-state index contributed by atoms with van der Waals surface area (Å²) in [6.45, 7) is 0. The van der Waals surface area contributed by atoms with Crippen LogP contribution in [0.15, 0.2) is 53.7 Å². The van der Waals surface area contributed by atoms with Crippen LogP contribution >= 0.6 is 11.8 Å². The van der Waals surface area contributed by atoms with Crippen LogP contribution in [0.4, 0.5) is 5.69 Å². The summed E-state index contributed by atoms with van der Waals surface area (Å²) in [7, 11) is 0. The smallest absolute Gasteiger partial charge is 0.300 e. The fourth-order valence-corrected chi connectivity index (χ4v) is 3.53. The lowest BCUT2D eigenvalue weighted by atomic mass is 9.89. The summed E-state index contributed by atoms with van der Waals surface area (Å²) >= 11 is 1.72. The number of pyridine rings is 1. The van der Waals surface area contributed by atoms with E-state index in [0.717, 1.165) is 29.2 Å². The van der Waals surface area contributed by atoms with Gasteiger partial charge in [-0.1, -0.05) is 12.0 Å². The number of rotatable bonds is 4. The van der Waals surface area contributed by atoms with Gasteiger partial charge in [0.15, 0.2) is 0 Å². The van der Waals surface area contributed by atoms with Crippen LogP contribution in [0.25, 0.3) is 0 Å². The predicted octanol–water partition coefficient (Wildman–Crippen LogP) is 4.08. The number of anilines is 1. The molecule has 5 heteroatoms. The van der Waals surface area contributed by atoms with Gasteiger partial charge in [0.2, 0.25) is 0 Å². The zero-order valence-corrected chi connectivity index (χ0v) is 15.2. The van der Waals surface area contributed by atoms with E-state index in [1.807, 2.05) is 36.5 Å². The fourth-order valence-electron chi connectivity index (χ4n) is 2.70. The number of Topliss-reactive ketones (excluding diaryl/α,β-unsaturated/α-hetero) is 1. The predicted molar refractivity (Wildman–Crippen MR) is 104 cm³/mol. The van der Waals surface area contributed by atoms with Crippen molar-refractivity contribution in [2.75, 3.05) is 5.32 Å². The van der Waals surface area contributed by atoms with E-state index in [1.54, 1.807) is 18.0 Å².